The molecule has 0 spiro atoms. The van der Waals surface area contributed by atoms with E-state index < -0.39 is 9.84 Å². The Labute approximate surface area is 151 Å². The molecule has 0 fully saturated rings. The number of aromatic nitrogens is 2. The molecule has 0 unspecified atom stereocenters. The maximum atomic E-state index is 11.6. The molecule has 0 saturated heterocycles. The number of rotatable bonds is 6. The summed E-state index contributed by atoms with van der Waals surface area (Å²) in [5.41, 5.74) is 1.62. The summed E-state index contributed by atoms with van der Waals surface area (Å²) in [6.45, 7) is 0.487. The minimum Gasteiger partial charge on any atom is -0.497 e. The van der Waals surface area contributed by atoms with E-state index >= 15 is 0 Å². The lowest BCUT2D eigenvalue weighted by molar-refractivity contribution is 0.393. The fraction of sp³-hybridized carbons (Fsp3) is 0.222. The number of fused-ring (bicyclic) bond motifs is 1. The Morgan fingerprint density at radius 2 is 1.73 bits per heavy atom. The van der Waals surface area contributed by atoms with Crippen LogP contribution in [0, 0.1) is 0 Å². The van der Waals surface area contributed by atoms with E-state index in [1.807, 2.05) is 12.1 Å². The number of nitrogens with one attached hydrogen (secondary N) is 1. The Hall–Kier alpha value is -2.87. The SMILES string of the molecule is COc1cc(CNc2ncc3cc(S(C)(=O)=O)ccc3n2)cc(OC)c1. The molecule has 0 saturated carbocycles. The molecule has 3 rings (SSSR count). The van der Waals surface area contributed by atoms with Gasteiger partial charge in [0, 0.05) is 30.4 Å². The van der Waals surface area contributed by atoms with Crippen molar-refractivity contribution in [2.24, 2.45) is 0 Å². The average molecular weight is 373 g/mol. The molecule has 0 bridgehead atoms. The lowest BCUT2D eigenvalue weighted by Crippen LogP contribution is -2.04. The largest absolute Gasteiger partial charge is 0.497 e. The van der Waals surface area contributed by atoms with E-state index in [1.165, 1.54) is 6.26 Å². The van der Waals surface area contributed by atoms with Gasteiger partial charge in [-0.15, -0.1) is 0 Å². The smallest absolute Gasteiger partial charge is 0.223 e. The summed E-state index contributed by atoms with van der Waals surface area (Å²) in [6, 6.07) is 10.4. The summed E-state index contributed by atoms with van der Waals surface area (Å²) >= 11 is 0. The zero-order valence-electron chi connectivity index (χ0n) is 14.7. The predicted octanol–water partition coefficient (Wildman–Crippen LogP) is 2.66. The van der Waals surface area contributed by atoms with Crippen molar-refractivity contribution in [3.8, 4) is 11.5 Å². The van der Waals surface area contributed by atoms with Gasteiger partial charge in [-0.1, -0.05) is 0 Å². The van der Waals surface area contributed by atoms with E-state index in [1.54, 1.807) is 44.7 Å². The van der Waals surface area contributed by atoms with Crippen LogP contribution in [-0.4, -0.2) is 38.9 Å². The predicted molar refractivity (Wildman–Crippen MR) is 99.5 cm³/mol. The van der Waals surface area contributed by atoms with Gasteiger partial charge in [0.05, 0.1) is 24.6 Å². The van der Waals surface area contributed by atoms with Gasteiger partial charge in [0.15, 0.2) is 9.84 Å². The zero-order valence-corrected chi connectivity index (χ0v) is 15.5. The lowest BCUT2D eigenvalue weighted by atomic mass is 10.2. The summed E-state index contributed by atoms with van der Waals surface area (Å²) < 4.78 is 33.8. The van der Waals surface area contributed by atoms with Gasteiger partial charge in [0.2, 0.25) is 5.95 Å². The first-order chi connectivity index (χ1) is 12.4. The molecule has 3 aromatic rings. The van der Waals surface area contributed by atoms with Crippen LogP contribution in [0.3, 0.4) is 0 Å². The van der Waals surface area contributed by atoms with Gasteiger partial charge in [-0.3, -0.25) is 0 Å². The van der Waals surface area contributed by atoms with Crippen LogP contribution in [0.2, 0.25) is 0 Å². The first-order valence-electron chi connectivity index (χ1n) is 7.82. The second-order valence-electron chi connectivity index (χ2n) is 5.76. The Morgan fingerprint density at radius 3 is 2.35 bits per heavy atom. The summed E-state index contributed by atoms with van der Waals surface area (Å²) in [5, 5.41) is 3.82. The van der Waals surface area contributed by atoms with Gasteiger partial charge in [-0.25, -0.2) is 18.4 Å². The first kappa shape index (κ1) is 17.9. The molecule has 0 atom stereocenters. The van der Waals surface area contributed by atoms with E-state index in [9.17, 15) is 8.42 Å². The number of benzene rings is 2. The molecule has 1 heterocycles. The molecule has 0 aliphatic rings. The molecule has 26 heavy (non-hydrogen) atoms. The fourth-order valence-electron chi connectivity index (χ4n) is 2.48. The van der Waals surface area contributed by atoms with Crippen molar-refractivity contribution in [1.82, 2.24) is 9.97 Å². The third-order valence-corrected chi connectivity index (χ3v) is 4.95. The van der Waals surface area contributed by atoms with Crippen molar-refractivity contribution in [3.63, 3.8) is 0 Å². The highest BCUT2D eigenvalue weighted by Gasteiger charge is 2.09. The number of sulfone groups is 1. The highest BCUT2D eigenvalue weighted by Crippen LogP contribution is 2.23. The van der Waals surface area contributed by atoms with Crippen LogP contribution in [0.4, 0.5) is 5.95 Å². The van der Waals surface area contributed by atoms with Crippen LogP contribution in [0.15, 0.2) is 47.5 Å². The molecule has 0 aliphatic heterocycles. The molecular formula is C18H19N3O4S. The summed E-state index contributed by atoms with van der Waals surface area (Å²) in [7, 11) is -0.0581. The number of hydrogen-bond donors (Lipinski definition) is 1. The van der Waals surface area contributed by atoms with E-state index in [2.05, 4.69) is 15.3 Å². The van der Waals surface area contributed by atoms with E-state index in [4.69, 9.17) is 9.47 Å². The van der Waals surface area contributed by atoms with Crippen molar-refractivity contribution in [2.45, 2.75) is 11.4 Å². The molecule has 7 nitrogen and oxygen atoms in total. The molecular weight excluding hydrogens is 354 g/mol. The van der Waals surface area contributed by atoms with Gasteiger partial charge >= 0.3 is 0 Å². The Balaban J connectivity index is 1.81. The molecule has 8 heteroatoms. The number of anilines is 1. The number of methoxy groups -OCH3 is 2. The molecule has 0 radical (unpaired) electrons. The second-order valence-corrected chi connectivity index (χ2v) is 7.78. The van der Waals surface area contributed by atoms with Gasteiger partial charge in [-0.2, -0.15) is 0 Å². The van der Waals surface area contributed by atoms with E-state index in [-0.39, 0.29) is 4.90 Å². The number of ether oxygens (including phenoxy) is 2. The third kappa shape index (κ3) is 4.02. The molecule has 136 valence electrons. The van der Waals surface area contributed by atoms with Gasteiger partial charge in [0.25, 0.3) is 0 Å². The summed E-state index contributed by atoms with van der Waals surface area (Å²) in [6.07, 6.45) is 2.78. The normalized spacial score (nSPS) is 11.3. The highest BCUT2D eigenvalue weighted by molar-refractivity contribution is 7.90. The van der Waals surface area contributed by atoms with Gasteiger partial charge in [-0.05, 0) is 35.9 Å². The van der Waals surface area contributed by atoms with Crippen LogP contribution in [0.5, 0.6) is 11.5 Å². The molecule has 2 aromatic carbocycles. The van der Waals surface area contributed by atoms with Crippen LogP contribution in [0.1, 0.15) is 5.56 Å². The number of nitrogens with zero attached hydrogens (tertiary/aromatic N) is 2. The van der Waals surface area contributed by atoms with Crippen LogP contribution >= 0.6 is 0 Å². The Morgan fingerprint density at radius 1 is 1.04 bits per heavy atom. The van der Waals surface area contributed by atoms with Crippen LogP contribution < -0.4 is 14.8 Å². The van der Waals surface area contributed by atoms with Gasteiger partial charge < -0.3 is 14.8 Å². The molecule has 0 amide bonds. The highest BCUT2D eigenvalue weighted by atomic mass is 32.2. The Bertz CT molecular complexity index is 1030. The maximum absolute atomic E-state index is 11.6. The second kappa shape index (κ2) is 7.17. The van der Waals surface area contributed by atoms with Crippen LogP contribution in [-0.2, 0) is 16.4 Å². The third-order valence-electron chi connectivity index (χ3n) is 3.84. The molecule has 1 aromatic heterocycles. The number of hydrogen-bond acceptors (Lipinski definition) is 7. The molecule has 1 N–H and O–H groups in total. The van der Waals surface area contributed by atoms with Crippen LogP contribution in [0.25, 0.3) is 10.9 Å². The van der Waals surface area contributed by atoms with Crippen molar-refractivity contribution in [3.05, 3.63) is 48.2 Å². The minimum absolute atomic E-state index is 0.248. The fourth-order valence-corrected chi connectivity index (χ4v) is 3.13. The van der Waals surface area contributed by atoms with Crippen molar-refractivity contribution >= 4 is 26.7 Å². The zero-order chi connectivity index (χ0) is 18.7. The van der Waals surface area contributed by atoms with Crippen molar-refractivity contribution in [1.29, 1.82) is 0 Å². The first-order valence-corrected chi connectivity index (χ1v) is 9.71. The maximum Gasteiger partial charge on any atom is 0.223 e. The molecule has 0 aliphatic carbocycles. The van der Waals surface area contributed by atoms with Crippen molar-refractivity contribution in [2.75, 3.05) is 25.8 Å². The summed E-state index contributed by atoms with van der Waals surface area (Å²) in [5.74, 6) is 1.86. The summed E-state index contributed by atoms with van der Waals surface area (Å²) in [4.78, 5) is 8.92. The Kier molecular flexibility index (Phi) is 4.94. The monoisotopic (exact) mass is 373 g/mol. The average Bonchev–Trinajstić information content (AvgIpc) is 2.64. The lowest BCUT2D eigenvalue weighted by Gasteiger charge is -2.10. The minimum atomic E-state index is -3.26. The van der Waals surface area contributed by atoms with Crippen molar-refractivity contribution < 1.29 is 17.9 Å². The van der Waals surface area contributed by atoms with E-state index in [0.29, 0.717) is 34.9 Å². The van der Waals surface area contributed by atoms with E-state index in [0.717, 1.165) is 5.56 Å². The quantitative estimate of drug-likeness (QED) is 0.710. The van der Waals surface area contributed by atoms with Gasteiger partial charge in [0.1, 0.15) is 11.5 Å². The standard InChI is InChI=1S/C18H19N3O4S/c1-24-14-6-12(7-15(9-14)25-2)10-19-18-20-11-13-8-16(26(3,22)23)4-5-17(13)21-18/h4-9,11H,10H2,1-3H3,(H,19,20,21). The topological polar surface area (TPSA) is 90.4 Å².